The second kappa shape index (κ2) is 6.35. The van der Waals surface area contributed by atoms with Gasteiger partial charge in [-0.2, -0.15) is 0 Å². The van der Waals surface area contributed by atoms with Gasteiger partial charge in [-0.05, 0) is 17.5 Å². The fraction of sp³-hybridized carbons (Fsp3) is 0.188. The summed E-state index contributed by atoms with van der Waals surface area (Å²) in [7, 11) is 0. The molecular formula is C16H16F2N2O. The van der Waals surface area contributed by atoms with Crippen molar-refractivity contribution in [1.29, 1.82) is 0 Å². The van der Waals surface area contributed by atoms with Crippen molar-refractivity contribution < 1.29 is 13.6 Å². The first-order valence-electron chi connectivity index (χ1n) is 6.56. The van der Waals surface area contributed by atoms with Crippen LogP contribution in [0.5, 0.6) is 0 Å². The lowest BCUT2D eigenvalue weighted by atomic mass is 10.0. The van der Waals surface area contributed by atoms with E-state index in [1.54, 1.807) is 0 Å². The molecule has 3 nitrogen and oxygen atoms in total. The van der Waals surface area contributed by atoms with E-state index < -0.39 is 17.5 Å². The van der Waals surface area contributed by atoms with Gasteiger partial charge in [0, 0.05) is 12.6 Å². The van der Waals surface area contributed by atoms with Gasteiger partial charge in [-0.1, -0.05) is 37.3 Å². The van der Waals surface area contributed by atoms with Crippen LogP contribution in [0.2, 0.25) is 0 Å². The molecule has 0 fully saturated rings. The molecule has 0 saturated carbocycles. The summed E-state index contributed by atoms with van der Waals surface area (Å²) in [5.41, 5.74) is 5.91. The van der Waals surface area contributed by atoms with E-state index in [2.05, 4.69) is 5.32 Å². The molecule has 21 heavy (non-hydrogen) atoms. The number of benzene rings is 2. The molecule has 0 aromatic heterocycles. The Morgan fingerprint density at radius 3 is 2.52 bits per heavy atom. The molecular weight excluding hydrogens is 274 g/mol. The molecule has 2 aromatic carbocycles. The van der Waals surface area contributed by atoms with Gasteiger partial charge in [0.05, 0.1) is 11.3 Å². The van der Waals surface area contributed by atoms with Crippen LogP contribution in [-0.2, 0) is 0 Å². The van der Waals surface area contributed by atoms with Crippen molar-refractivity contribution in [3.63, 3.8) is 0 Å². The van der Waals surface area contributed by atoms with Crippen LogP contribution in [0.25, 0.3) is 0 Å². The molecule has 0 spiro atoms. The second-order valence-corrected chi connectivity index (χ2v) is 4.88. The third-order valence-corrected chi connectivity index (χ3v) is 3.27. The normalized spacial score (nSPS) is 12.0. The van der Waals surface area contributed by atoms with Crippen LogP contribution in [-0.4, -0.2) is 12.5 Å². The Balaban J connectivity index is 2.04. The fourth-order valence-corrected chi connectivity index (χ4v) is 1.98. The molecule has 3 N–H and O–H groups in total. The molecule has 5 heteroatoms. The maximum Gasteiger partial charge on any atom is 0.254 e. The number of hydrogen-bond acceptors (Lipinski definition) is 2. The van der Waals surface area contributed by atoms with Crippen LogP contribution in [0.3, 0.4) is 0 Å². The average molecular weight is 290 g/mol. The number of carbonyl (C=O) groups excluding carboxylic acids is 1. The molecule has 0 bridgehead atoms. The number of anilines is 1. The lowest BCUT2D eigenvalue weighted by molar-refractivity contribution is 0.0947. The van der Waals surface area contributed by atoms with Crippen molar-refractivity contribution in [2.75, 3.05) is 12.3 Å². The van der Waals surface area contributed by atoms with E-state index in [0.717, 1.165) is 11.6 Å². The Bertz CT molecular complexity index is 644. The molecule has 2 aromatic rings. The summed E-state index contributed by atoms with van der Waals surface area (Å²) in [5, 5.41) is 2.63. The number of nitrogens with two attached hydrogens (primary N) is 1. The van der Waals surface area contributed by atoms with Gasteiger partial charge < -0.3 is 11.1 Å². The van der Waals surface area contributed by atoms with Crippen molar-refractivity contribution >= 4 is 11.6 Å². The Labute approximate surface area is 121 Å². The van der Waals surface area contributed by atoms with E-state index in [9.17, 15) is 13.6 Å². The highest BCUT2D eigenvalue weighted by Crippen LogP contribution is 2.17. The number of carbonyl (C=O) groups is 1. The summed E-state index contributed by atoms with van der Waals surface area (Å²) in [5.74, 6) is -2.33. The average Bonchev–Trinajstić information content (AvgIpc) is 2.49. The highest BCUT2D eigenvalue weighted by atomic mass is 19.1. The predicted molar refractivity (Wildman–Crippen MR) is 78.0 cm³/mol. The SMILES string of the molecule is CC(CNC(=O)c1cc(N)c(F)cc1F)c1ccccc1. The van der Waals surface area contributed by atoms with Crippen molar-refractivity contribution in [2.24, 2.45) is 0 Å². The van der Waals surface area contributed by atoms with Crippen LogP contribution < -0.4 is 11.1 Å². The number of amides is 1. The van der Waals surface area contributed by atoms with Crippen molar-refractivity contribution in [1.82, 2.24) is 5.32 Å². The maximum atomic E-state index is 13.6. The molecule has 0 heterocycles. The molecule has 2 rings (SSSR count). The van der Waals surface area contributed by atoms with E-state index in [4.69, 9.17) is 5.73 Å². The maximum absolute atomic E-state index is 13.6. The zero-order chi connectivity index (χ0) is 15.4. The van der Waals surface area contributed by atoms with Gasteiger partial charge >= 0.3 is 0 Å². The summed E-state index contributed by atoms with van der Waals surface area (Å²) >= 11 is 0. The topological polar surface area (TPSA) is 55.1 Å². The highest BCUT2D eigenvalue weighted by molar-refractivity contribution is 5.95. The standard InChI is InChI=1S/C16H16F2N2O/c1-10(11-5-3-2-4-6-11)9-20-16(21)12-7-15(19)14(18)8-13(12)17/h2-8,10H,9,19H2,1H3,(H,20,21). The van der Waals surface area contributed by atoms with Crippen LogP contribution in [0.4, 0.5) is 14.5 Å². The number of rotatable bonds is 4. The van der Waals surface area contributed by atoms with Gasteiger partial charge in [0.15, 0.2) is 0 Å². The zero-order valence-corrected chi connectivity index (χ0v) is 11.6. The molecule has 0 saturated heterocycles. The monoisotopic (exact) mass is 290 g/mol. The van der Waals surface area contributed by atoms with Crippen LogP contribution in [0.1, 0.15) is 28.8 Å². The summed E-state index contributed by atoms with van der Waals surface area (Å²) in [4.78, 5) is 11.9. The molecule has 0 aliphatic carbocycles. The lowest BCUT2D eigenvalue weighted by Gasteiger charge is -2.13. The van der Waals surface area contributed by atoms with E-state index in [-0.39, 0.29) is 17.2 Å². The molecule has 0 aliphatic rings. The van der Waals surface area contributed by atoms with E-state index >= 15 is 0 Å². The molecule has 0 radical (unpaired) electrons. The van der Waals surface area contributed by atoms with Crippen molar-refractivity contribution in [3.05, 3.63) is 65.2 Å². The Kier molecular flexibility index (Phi) is 4.52. The molecule has 1 amide bonds. The Morgan fingerprint density at radius 1 is 1.19 bits per heavy atom. The highest BCUT2D eigenvalue weighted by Gasteiger charge is 2.15. The summed E-state index contributed by atoms with van der Waals surface area (Å²) in [6, 6.07) is 11.3. The van der Waals surface area contributed by atoms with Crippen molar-refractivity contribution in [2.45, 2.75) is 12.8 Å². The molecule has 110 valence electrons. The quantitative estimate of drug-likeness (QED) is 0.850. The van der Waals surface area contributed by atoms with Gasteiger partial charge in [-0.25, -0.2) is 8.78 Å². The molecule has 1 atom stereocenters. The Morgan fingerprint density at radius 2 is 1.86 bits per heavy atom. The van der Waals surface area contributed by atoms with Gasteiger partial charge in [-0.15, -0.1) is 0 Å². The summed E-state index contributed by atoms with van der Waals surface area (Å²) in [6.07, 6.45) is 0. The zero-order valence-electron chi connectivity index (χ0n) is 11.6. The van der Waals surface area contributed by atoms with Gasteiger partial charge in [-0.3, -0.25) is 4.79 Å². The van der Waals surface area contributed by atoms with Gasteiger partial charge in [0.25, 0.3) is 5.91 Å². The van der Waals surface area contributed by atoms with Crippen molar-refractivity contribution in [3.8, 4) is 0 Å². The summed E-state index contributed by atoms with van der Waals surface area (Å²) in [6.45, 7) is 2.30. The minimum absolute atomic E-state index is 0.0796. The summed E-state index contributed by atoms with van der Waals surface area (Å²) < 4.78 is 26.6. The van der Waals surface area contributed by atoms with E-state index in [0.29, 0.717) is 12.6 Å². The lowest BCUT2D eigenvalue weighted by Crippen LogP contribution is -2.28. The minimum atomic E-state index is -0.924. The first-order chi connectivity index (χ1) is 9.99. The van der Waals surface area contributed by atoms with Gasteiger partial charge in [0.2, 0.25) is 0 Å². The minimum Gasteiger partial charge on any atom is -0.396 e. The Hall–Kier alpha value is -2.43. The van der Waals surface area contributed by atoms with Crippen LogP contribution in [0.15, 0.2) is 42.5 Å². The fourth-order valence-electron chi connectivity index (χ4n) is 1.98. The third kappa shape index (κ3) is 3.56. The number of halogens is 2. The third-order valence-electron chi connectivity index (χ3n) is 3.27. The largest absolute Gasteiger partial charge is 0.396 e. The molecule has 1 unspecified atom stereocenters. The van der Waals surface area contributed by atoms with E-state index in [1.807, 2.05) is 37.3 Å². The van der Waals surface area contributed by atoms with Gasteiger partial charge in [0.1, 0.15) is 11.6 Å². The number of nitrogens with one attached hydrogen (secondary N) is 1. The smallest absolute Gasteiger partial charge is 0.254 e. The van der Waals surface area contributed by atoms with E-state index in [1.165, 1.54) is 0 Å². The first-order valence-corrected chi connectivity index (χ1v) is 6.56. The number of hydrogen-bond donors (Lipinski definition) is 2. The number of nitrogen functional groups attached to an aromatic ring is 1. The predicted octanol–water partition coefficient (Wildman–Crippen LogP) is 3.08. The molecule has 0 aliphatic heterocycles. The van der Waals surface area contributed by atoms with Crippen LogP contribution in [0, 0.1) is 11.6 Å². The van der Waals surface area contributed by atoms with Crippen LogP contribution >= 0.6 is 0 Å². The first kappa shape index (κ1) is 15.0. The second-order valence-electron chi connectivity index (χ2n) is 4.88.